The molecule has 0 N–H and O–H groups in total. The van der Waals surface area contributed by atoms with Gasteiger partial charge >= 0.3 is 11.9 Å². The molecule has 0 spiro atoms. The number of hydrogen-bond donors (Lipinski definition) is 0. The average molecular weight is 1020 g/mol. The molecule has 0 amide bonds. The van der Waals surface area contributed by atoms with Crippen LogP contribution in [0.5, 0.6) is 0 Å². The van der Waals surface area contributed by atoms with Crippen molar-refractivity contribution in [1.29, 1.82) is 0 Å². The van der Waals surface area contributed by atoms with Crippen molar-refractivity contribution >= 4 is 50.8 Å². The van der Waals surface area contributed by atoms with Gasteiger partial charge in [0.15, 0.2) is 0 Å². The lowest BCUT2D eigenvalue weighted by molar-refractivity contribution is -0.150. The van der Waals surface area contributed by atoms with Gasteiger partial charge in [-0.1, -0.05) is 72.2 Å². The number of nitrogens with zero attached hydrogens (tertiary/aromatic N) is 2. The van der Waals surface area contributed by atoms with Gasteiger partial charge in [-0.2, -0.15) is 0 Å². The van der Waals surface area contributed by atoms with Crippen molar-refractivity contribution in [2.75, 3.05) is 66.3 Å². The van der Waals surface area contributed by atoms with E-state index in [1.807, 2.05) is 34.6 Å². The van der Waals surface area contributed by atoms with Crippen LogP contribution in [0.2, 0.25) is 51.4 Å². The van der Waals surface area contributed by atoms with Crippen molar-refractivity contribution in [2.24, 2.45) is 0 Å². The number of carbonyl (C=O) groups is 2. The van der Waals surface area contributed by atoms with Crippen LogP contribution < -0.4 is 0 Å². The molecule has 4 rings (SSSR count). The second-order valence-corrected chi connectivity index (χ2v) is 37.8. The van der Waals surface area contributed by atoms with Crippen molar-refractivity contribution in [1.82, 2.24) is 8.61 Å². The van der Waals surface area contributed by atoms with Crippen molar-refractivity contribution in [2.45, 2.75) is 158 Å². The van der Waals surface area contributed by atoms with Crippen LogP contribution in [-0.4, -0.2) is 122 Å². The molecule has 380 valence electrons. The van der Waals surface area contributed by atoms with E-state index in [9.17, 15) is 14.1 Å². The molecule has 2 saturated heterocycles. The maximum absolute atomic E-state index is 17.0. The highest BCUT2D eigenvalue weighted by Crippen LogP contribution is 2.46. The Kier molecular flexibility index (Phi) is 19.8. The van der Waals surface area contributed by atoms with Crippen LogP contribution in [0.15, 0.2) is 36.4 Å². The minimum absolute atomic E-state index is 0.0199. The minimum Gasteiger partial charge on any atom is -0.597 e. The molecule has 67 heavy (non-hydrogen) atoms. The van der Waals surface area contributed by atoms with E-state index in [0.717, 1.165) is 12.1 Å². The molecule has 2 aromatic carbocycles. The molecule has 12 nitrogen and oxygen atoms in total. The zero-order valence-corrected chi connectivity index (χ0v) is 46.6. The largest absolute Gasteiger partial charge is 0.597 e. The van der Waals surface area contributed by atoms with E-state index in [0.29, 0.717) is 24.3 Å². The second kappa shape index (κ2) is 23.1. The van der Waals surface area contributed by atoms with Gasteiger partial charge in [-0.25, -0.2) is 8.78 Å². The van der Waals surface area contributed by atoms with Gasteiger partial charge in [-0.3, -0.25) is 9.59 Å². The Balaban J connectivity index is 1.70. The first kappa shape index (κ1) is 57.6. The summed E-state index contributed by atoms with van der Waals surface area (Å²) in [4.78, 5) is 26.7. The third-order valence-corrected chi connectivity index (χ3v) is 20.1. The summed E-state index contributed by atoms with van der Waals surface area (Å²) < 4.78 is 99.2. The summed E-state index contributed by atoms with van der Waals surface area (Å²) in [6.07, 6.45) is 0.315. The lowest BCUT2D eigenvalue weighted by Crippen LogP contribution is -2.65. The molecule has 0 saturated carbocycles. The Bertz CT molecular complexity index is 1970. The maximum atomic E-state index is 17.0. The van der Waals surface area contributed by atoms with E-state index >= 15 is 13.3 Å². The molecular formula is C49H80F2N2O10S2Si2. The predicted octanol–water partition coefficient (Wildman–Crippen LogP) is 9.52. The van der Waals surface area contributed by atoms with E-state index in [4.69, 9.17) is 28.4 Å². The van der Waals surface area contributed by atoms with Crippen molar-refractivity contribution in [3.8, 4) is 0 Å². The van der Waals surface area contributed by atoms with E-state index < -0.39 is 94.3 Å². The van der Waals surface area contributed by atoms with Gasteiger partial charge in [0.2, 0.25) is 0 Å². The highest BCUT2D eigenvalue weighted by molar-refractivity contribution is 7.90. The Labute approximate surface area is 408 Å². The summed E-state index contributed by atoms with van der Waals surface area (Å²) in [5.74, 6) is -2.88. The summed E-state index contributed by atoms with van der Waals surface area (Å²) in [5.41, 5.74) is -2.27. The first-order valence-corrected chi connectivity index (χ1v) is 33.3. The van der Waals surface area contributed by atoms with Crippen molar-refractivity contribution in [3.63, 3.8) is 0 Å². The van der Waals surface area contributed by atoms with Gasteiger partial charge in [0, 0.05) is 69.6 Å². The number of ether oxygens (including phenoxy) is 6. The first-order chi connectivity index (χ1) is 31.0. The lowest BCUT2D eigenvalue weighted by atomic mass is 9.75. The highest BCUT2D eigenvalue weighted by Gasteiger charge is 2.58. The van der Waals surface area contributed by atoms with E-state index in [1.54, 1.807) is 60.6 Å². The summed E-state index contributed by atoms with van der Waals surface area (Å²) in [5, 5.41) is 0. The molecule has 2 aromatic rings. The third-order valence-electron chi connectivity index (χ3n) is 12.8. The lowest BCUT2D eigenvalue weighted by Gasteiger charge is -2.50. The number of hydrogen-bond acceptors (Lipinski definition) is 12. The monoisotopic (exact) mass is 1010 g/mol. The fraction of sp³-hybridized carbons (Fsp3) is 0.714. The number of carbonyl (C=O) groups excluding carboxylic acids is 2. The number of benzene rings is 2. The van der Waals surface area contributed by atoms with Gasteiger partial charge in [0.1, 0.15) is 45.7 Å². The van der Waals surface area contributed by atoms with Gasteiger partial charge < -0.3 is 37.5 Å². The molecule has 0 aromatic heterocycles. The van der Waals surface area contributed by atoms with Gasteiger partial charge in [-0.05, 0) is 104 Å². The zero-order chi connectivity index (χ0) is 50.4. The smallest absolute Gasteiger partial charge is 0.316 e. The van der Waals surface area contributed by atoms with Crippen LogP contribution >= 0.6 is 0 Å². The quantitative estimate of drug-likeness (QED) is 0.0291. The molecule has 2 fully saturated rings. The average Bonchev–Trinajstić information content (AvgIpc) is 3.19. The molecule has 0 bridgehead atoms. The third kappa shape index (κ3) is 13.9. The number of rotatable bonds is 26. The molecule has 0 radical (unpaired) electrons. The van der Waals surface area contributed by atoms with Crippen LogP contribution in [-0.2, 0) is 77.2 Å². The summed E-state index contributed by atoms with van der Waals surface area (Å²) in [6, 6.07) is 11.1. The molecule has 4 atom stereocenters. The zero-order valence-electron chi connectivity index (χ0n) is 43.0. The van der Waals surface area contributed by atoms with E-state index in [1.165, 1.54) is 12.1 Å². The molecule has 0 aliphatic carbocycles. The van der Waals surface area contributed by atoms with Gasteiger partial charge in [-0.15, -0.1) is 0 Å². The fourth-order valence-electron chi connectivity index (χ4n) is 7.91. The van der Waals surface area contributed by atoms with Crippen LogP contribution in [0, 0.1) is 11.6 Å². The summed E-state index contributed by atoms with van der Waals surface area (Å²) in [6.45, 7) is 31.0. The van der Waals surface area contributed by atoms with Crippen LogP contribution in [0.4, 0.5) is 8.78 Å². The molecule has 2 heterocycles. The molecule has 4 unspecified atom stereocenters. The summed E-state index contributed by atoms with van der Waals surface area (Å²) in [7, 11) is -2.93. The van der Waals surface area contributed by atoms with Crippen LogP contribution in [0.25, 0.3) is 0 Å². The van der Waals surface area contributed by atoms with E-state index in [-0.39, 0.29) is 77.1 Å². The number of esters is 2. The Morgan fingerprint density at radius 2 is 1.19 bits per heavy atom. The molecule has 18 heteroatoms. The van der Waals surface area contributed by atoms with E-state index in [2.05, 4.69) is 39.3 Å². The predicted molar refractivity (Wildman–Crippen MR) is 268 cm³/mol. The highest BCUT2D eigenvalue weighted by atomic mass is 32.2. The van der Waals surface area contributed by atoms with Crippen LogP contribution in [0.3, 0.4) is 0 Å². The molecule has 2 aliphatic rings. The fourth-order valence-corrected chi connectivity index (χ4v) is 12.3. The first-order valence-electron chi connectivity index (χ1n) is 23.6. The van der Waals surface area contributed by atoms with Crippen molar-refractivity contribution < 1.29 is 55.9 Å². The second-order valence-electron chi connectivity index (χ2n) is 22.3. The Hall–Kier alpha value is -1.95. The Morgan fingerprint density at radius 3 is 1.60 bits per heavy atom. The topological polar surface area (TPSA) is 142 Å². The molecule has 2 aliphatic heterocycles. The maximum Gasteiger partial charge on any atom is 0.316 e. The molecular weight excluding hydrogens is 935 g/mol. The standard InChI is InChI=1S/C49H80F2N2O10S2Si2/c1-16-62-43(54)36(3)37-18-20-39(41(50)28-37)49(32-61-33-49)53(35-59-25-27-67(13,14)15)65(57)46(7,8)22-23-47(9,44(55)63-17-2)38-19-21-40(42(51)29-38)48(30-60-31-48)52(64(56)45(4,5)6)34-58-24-26-66(10,11)12/h18-21,28-29,36H,16-17,22-27,30-35H2,1-15H3. The normalized spacial score (nSPS) is 18.7. The SMILES string of the molecule is CCOC(=O)C(C)c1ccc(C2(N(COCC[Si](C)(C)C)[S+]([O-])C(C)(C)CCC(C)(C(=O)OCC)c3ccc(C4(N(COCC[Si](C)(C)C)[S+]([O-])C(C)(C)C)COC4)c(F)c3)COC2)c(F)c1. The Morgan fingerprint density at radius 1 is 0.731 bits per heavy atom. The number of halogens is 2. The summed E-state index contributed by atoms with van der Waals surface area (Å²) >= 11 is -3.47. The van der Waals surface area contributed by atoms with Crippen LogP contribution in [0.1, 0.15) is 103 Å². The van der Waals surface area contributed by atoms with Gasteiger partial charge in [0.05, 0.1) is 51.0 Å². The van der Waals surface area contributed by atoms with Gasteiger partial charge in [0.25, 0.3) is 0 Å². The minimum atomic E-state index is -1.88. The van der Waals surface area contributed by atoms with Crippen molar-refractivity contribution in [3.05, 3.63) is 70.3 Å².